The molecule has 0 amide bonds. The summed E-state index contributed by atoms with van der Waals surface area (Å²) in [5, 5.41) is 0. The van der Waals surface area contributed by atoms with E-state index in [1.54, 1.807) is 27.4 Å². The Morgan fingerprint density at radius 3 is 2.00 bits per heavy atom. The Balaban J connectivity index is 1.70. The highest BCUT2D eigenvalue weighted by Crippen LogP contribution is 2.24. The van der Waals surface area contributed by atoms with Crippen LogP contribution in [-0.2, 0) is 0 Å². The monoisotopic (exact) mass is 330 g/mol. The maximum absolute atomic E-state index is 5.30. The van der Waals surface area contributed by atoms with Crippen molar-refractivity contribution in [1.82, 2.24) is 9.97 Å². The Morgan fingerprint density at radius 1 is 0.792 bits per heavy atom. The van der Waals surface area contributed by atoms with Crippen LogP contribution in [0, 0.1) is 0 Å². The van der Waals surface area contributed by atoms with Crippen LogP contribution in [0.4, 0.5) is 11.6 Å². The fourth-order valence-corrected chi connectivity index (χ4v) is 2.71. The van der Waals surface area contributed by atoms with Gasteiger partial charge >= 0.3 is 0 Å². The van der Waals surface area contributed by atoms with Crippen LogP contribution < -0.4 is 24.0 Å². The van der Waals surface area contributed by atoms with E-state index < -0.39 is 0 Å². The molecule has 1 aromatic heterocycles. The molecular formula is C17H22N4O3. The number of nitrogens with zero attached hydrogens (tertiary/aromatic N) is 4. The molecule has 0 bridgehead atoms. The number of piperazine rings is 1. The minimum absolute atomic E-state index is 0.507. The molecule has 7 heteroatoms. The zero-order valence-corrected chi connectivity index (χ0v) is 14.2. The van der Waals surface area contributed by atoms with Gasteiger partial charge in [0, 0.05) is 37.9 Å². The zero-order valence-electron chi connectivity index (χ0n) is 14.2. The molecule has 1 aliphatic heterocycles. The number of benzene rings is 1. The van der Waals surface area contributed by atoms with E-state index >= 15 is 0 Å². The molecule has 0 aliphatic carbocycles. The summed E-state index contributed by atoms with van der Waals surface area (Å²) >= 11 is 0. The third kappa shape index (κ3) is 3.45. The number of hydrogen-bond acceptors (Lipinski definition) is 7. The summed E-state index contributed by atoms with van der Waals surface area (Å²) in [5.74, 6) is 2.52. The van der Waals surface area contributed by atoms with Crippen LogP contribution in [0.5, 0.6) is 17.5 Å². The first-order chi connectivity index (χ1) is 11.7. The first-order valence-electron chi connectivity index (χ1n) is 7.84. The molecule has 0 atom stereocenters. The number of rotatable bonds is 5. The average Bonchev–Trinajstić information content (AvgIpc) is 2.67. The Morgan fingerprint density at radius 2 is 1.42 bits per heavy atom. The van der Waals surface area contributed by atoms with Crippen molar-refractivity contribution in [2.45, 2.75) is 0 Å². The molecule has 1 aliphatic rings. The van der Waals surface area contributed by atoms with Gasteiger partial charge in [-0.1, -0.05) is 6.07 Å². The maximum Gasteiger partial charge on any atom is 0.232 e. The maximum atomic E-state index is 5.30. The molecule has 1 fully saturated rings. The van der Waals surface area contributed by atoms with Crippen LogP contribution in [0.2, 0.25) is 0 Å². The number of anilines is 2. The van der Waals surface area contributed by atoms with E-state index in [4.69, 9.17) is 14.2 Å². The van der Waals surface area contributed by atoms with E-state index in [1.807, 2.05) is 12.1 Å². The Hall–Kier alpha value is -2.70. The molecule has 1 saturated heterocycles. The highest BCUT2D eigenvalue weighted by atomic mass is 16.5. The number of ether oxygens (including phenoxy) is 3. The van der Waals surface area contributed by atoms with E-state index in [1.165, 1.54) is 0 Å². The summed E-state index contributed by atoms with van der Waals surface area (Å²) in [6, 6.07) is 9.80. The fraction of sp³-hybridized carbons (Fsp3) is 0.412. The molecule has 3 rings (SSSR count). The van der Waals surface area contributed by atoms with E-state index in [0.717, 1.165) is 37.6 Å². The summed E-state index contributed by atoms with van der Waals surface area (Å²) in [7, 11) is 4.86. The number of hydrogen-bond donors (Lipinski definition) is 0. The zero-order chi connectivity index (χ0) is 16.9. The minimum atomic E-state index is 0.507. The van der Waals surface area contributed by atoms with Gasteiger partial charge in [-0.05, 0) is 12.1 Å². The SMILES string of the molecule is COc1cccc(N2CCN(c3nc(OC)cc(OC)n3)CC2)c1. The van der Waals surface area contributed by atoms with Gasteiger partial charge in [0.25, 0.3) is 0 Å². The molecule has 0 spiro atoms. The lowest BCUT2D eigenvalue weighted by Gasteiger charge is -2.36. The highest BCUT2D eigenvalue weighted by Gasteiger charge is 2.21. The second-order valence-corrected chi connectivity index (χ2v) is 5.43. The van der Waals surface area contributed by atoms with Crippen LogP contribution in [0.25, 0.3) is 0 Å². The topological polar surface area (TPSA) is 60.0 Å². The molecule has 2 heterocycles. The first-order valence-corrected chi connectivity index (χ1v) is 7.84. The van der Waals surface area contributed by atoms with Crippen molar-refractivity contribution in [1.29, 1.82) is 0 Å². The average molecular weight is 330 g/mol. The summed E-state index contributed by atoms with van der Waals surface area (Å²) in [6.45, 7) is 3.42. The van der Waals surface area contributed by atoms with Crippen molar-refractivity contribution in [3.05, 3.63) is 30.3 Å². The molecule has 0 saturated carbocycles. The van der Waals surface area contributed by atoms with Gasteiger partial charge in [0.1, 0.15) is 5.75 Å². The smallest absolute Gasteiger partial charge is 0.232 e. The van der Waals surface area contributed by atoms with Gasteiger partial charge in [0.2, 0.25) is 17.7 Å². The molecule has 128 valence electrons. The lowest BCUT2D eigenvalue weighted by atomic mass is 10.2. The standard InChI is InChI=1S/C17H22N4O3/c1-22-14-6-4-5-13(11-14)20-7-9-21(10-8-20)17-18-15(23-2)12-16(19-17)24-3/h4-6,11-12H,7-10H2,1-3H3. The Bertz CT molecular complexity index is 665. The van der Waals surface area contributed by atoms with Crippen molar-refractivity contribution in [3.8, 4) is 17.5 Å². The first kappa shape index (κ1) is 16.2. The van der Waals surface area contributed by atoms with Gasteiger partial charge in [-0.25, -0.2) is 0 Å². The third-order valence-corrected chi connectivity index (χ3v) is 4.07. The molecule has 0 radical (unpaired) electrons. The number of aromatic nitrogens is 2. The molecule has 0 unspecified atom stereocenters. The van der Waals surface area contributed by atoms with Crippen molar-refractivity contribution >= 4 is 11.6 Å². The van der Waals surface area contributed by atoms with Crippen LogP contribution in [0.15, 0.2) is 30.3 Å². The van der Waals surface area contributed by atoms with Crippen LogP contribution >= 0.6 is 0 Å². The van der Waals surface area contributed by atoms with Crippen LogP contribution in [0.1, 0.15) is 0 Å². The second kappa shape index (κ2) is 7.25. The minimum Gasteiger partial charge on any atom is -0.497 e. The van der Waals surface area contributed by atoms with E-state index in [-0.39, 0.29) is 0 Å². The molecule has 2 aromatic rings. The van der Waals surface area contributed by atoms with Crippen LogP contribution in [-0.4, -0.2) is 57.5 Å². The predicted octanol–water partition coefficient (Wildman–Crippen LogP) is 1.83. The Kier molecular flexibility index (Phi) is 4.88. The Labute approximate surface area is 141 Å². The van der Waals surface area contributed by atoms with Gasteiger partial charge in [-0.15, -0.1) is 0 Å². The molecule has 0 N–H and O–H groups in total. The molecular weight excluding hydrogens is 308 g/mol. The lowest BCUT2D eigenvalue weighted by molar-refractivity contribution is 0.371. The van der Waals surface area contributed by atoms with Crippen molar-refractivity contribution in [3.63, 3.8) is 0 Å². The van der Waals surface area contributed by atoms with Crippen LogP contribution in [0.3, 0.4) is 0 Å². The molecule has 1 aromatic carbocycles. The second-order valence-electron chi connectivity index (χ2n) is 5.43. The van der Waals surface area contributed by atoms with Gasteiger partial charge in [-0.3, -0.25) is 0 Å². The largest absolute Gasteiger partial charge is 0.497 e. The normalized spacial score (nSPS) is 14.5. The van der Waals surface area contributed by atoms with Gasteiger partial charge in [-0.2, -0.15) is 9.97 Å². The summed E-state index contributed by atoms with van der Waals surface area (Å²) in [4.78, 5) is 13.3. The fourth-order valence-electron chi connectivity index (χ4n) is 2.71. The van der Waals surface area contributed by atoms with E-state index in [9.17, 15) is 0 Å². The van der Waals surface area contributed by atoms with E-state index in [0.29, 0.717) is 17.7 Å². The van der Waals surface area contributed by atoms with Gasteiger partial charge in [0.15, 0.2) is 0 Å². The highest BCUT2D eigenvalue weighted by molar-refractivity contribution is 5.52. The van der Waals surface area contributed by atoms with Gasteiger partial charge in [0.05, 0.1) is 27.4 Å². The van der Waals surface area contributed by atoms with Crippen molar-refractivity contribution in [2.24, 2.45) is 0 Å². The third-order valence-electron chi connectivity index (χ3n) is 4.07. The van der Waals surface area contributed by atoms with Crippen molar-refractivity contribution < 1.29 is 14.2 Å². The molecule has 24 heavy (non-hydrogen) atoms. The lowest BCUT2D eigenvalue weighted by Crippen LogP contribution is -2.47. The quantitative estimate of drug-likeness (QED) is 0.829. The summed E-state index contributed by atoms with van der Waals surface area (Å²) in [5.41, 5.74) is 1.16. The molecule has 7 nitrogen and oxygen atoms in total. The van der Waals surface area contributed by atoms with E-state index in [2.05, 4.69) is 31.9 Å². The summed E-state index contributed by atoms with van der Waals surface area (Å²) in [6.07, 6.45) is 0. The van der Waals surface area contributed by atoms with Crippen molar-refractivity contribution in [2.75, 3.05) is 57.3 Å². The number of methoxy groups -OCH3 is 3. The summed E-state index contributed by atoms with van der Waals surface area (Å²) < 4.78 is 15.7. The predicted molar refractivity (Wildman–Crippen MR) is 92.6 cm³/mol. The van der Waals surface area contributed by atoms with Gasteiger partial charge < -0.3 is 24.0 Å².